The lowest BCUT2D eigenvalue weighted by atomic mass is 9.83. The van der Waals surface area contributed by atoms with Crippen molar-refractivity contribution in [1.29, 1.82) is 0 Å². The van der Waals surface area contributed by atoms with Crippen LogP contribution in [0.3, 0.4) is 0 Å². The summed E-state index contributed by atoms with van der Waals surface area (Å²) >= 11 is 0. The summed E-state index contributed by atoms with van der Waals surface area (Å²) in [5.41, 5.74) is 0.380. The summed E-state index contributed by atoms with van der Waals surface area (Å²) < 4.78 is 7.37. The maximum atomic E-state index is 11.7. The average molecular weight is 391 g/mol. The number of ether oxygens (including phenoxy) is 1. The Morgan fingerprint density at radius 2 is 2.04 bits per heavy atom. The van der Waals surface area contributed by atoms with Crippen LogP contribution >= 0.6 is 0 Å². The molecular weight excluding hydrogens is 352 g/mol. The zero-order valence-electron chi connectivity index (χ0n) is 17.7. The first-order valence-corrected chi connectivity index (χ1v) is 10.9. The Balaban J connectivity index is 1.77. The van der Waals surface area contributed by atoms with E-state index in [0.29, 0.717) is 5.41 Å². The average Bonchev–Trinajstić information content (AvgIpc) is 3.16. The van der Waals surface area contributed by atoms with Gasteiger partial charge in [0.25, 0.3) is 0 Å². The van der Waals surface area contributed by atoms with Gasteiger partial charge in [-0.15, -0.1) is 0 Å². The van der Waals surface area contributed by atoms with Crippen molar-refractivity contribution in [3.05, 3.63) is 34.7 Å². The molecule has 1 saturated carbocycles. The molecule has 0 unspecified atom stereocenters. The molecule has 1 aliphatic carbocycles. The Hall–Kier alpha value is -1.82. The number of rotatable bonds is 12. The fraction of sp³-hybridized carbons (Fsp3) is 0.727. The minimum atomic E-state index is 0.0688. The van der Waals surface area contributed by atoms with Gasteiger partial charge in [-0.3, -0.25) is 9.79 Å². The highest BCUT2D eigenvalue weighted by Crippen LogP contribution is 2.41. The Bertz CT molecular complexity index is 635. The lowest BCUT2D eigenvalue weighted by Crippen LogP contribution is -2.39. The zero-order chi connectivity index (χ0) is 20.1. The van der Waals surface area contributed by atoms with E-state index in [1.807, 2.05) is 12.3 Å². The molecule has 2 rings (SSSR count). The van der Waals surface area contributed by atoms with E-state index in [-0.39, 0.29) is 5.56 Å². The van der Waals surface area contributed by atoms with Crippen LogP contribution in [-0.4, -0.2) is 43.4 Å². The van der Waals surface area contributed by atoms with Gasteiger partial charge in [0.2, 0.25) is 5.56 Å². The first-order valence-electron chi connectivity index (χ1n) is 10.9. The van der Waals surface area contributed by atoms with Crippen LogP contribution in [0, 0.1) is 5.41 Å². The standard InChI is InChI=1S/C22H38N4O2/c1-3-23-21(24-15-8-10-17-26-16-9-5-11-20(26)27)25-19-22(12-6-7-13-22)14-18-28-4-2/h5,9,11,16H,3-4,6-8,10,12-15,17-19H2,1-2H3,(H2,23,24,25). The zero-order valence-corrected chi connectivity index (χ0v) is 17.7. The van der Waals surface area contributed by atoms with Gasteiger partial charge < -0.3 is 19.9 Å². The Morgan fingerprint density at radius 1 is 1.21 bits per heavy atom. The van der Waals surface area contributed by atoms with Crippen LogP contribution in [0.1, 0.15) is 58.8 Å². The summed E-state index contributed by atoms with van der Waals surface area (Å²) in [6.45, 7) is 9.13. The second-order valence-electron chi connectivity index (χ2n) is 7.72. The predicted molar refractivity (Wildman–Crippen MR) is 116 cm³/mol. The molecule has 1 aromatic rings. The van der Waals surface area contributed by atoms with Crippen molar-refractivity contribution < 1.29 is 4.74 Å². The highest BCUT2D eigenvalue weighted by molar-refractivity contribution is 5.79. The van der Waals surface area contributed by atoms with E-state index in [0.717, 1.165) is 64.6 Å². The predicted octanol–water partition coefficient (Wildman–Crippen LogP) is 3.17. The van der Waals surface area contributed by atoms with Gasteiger partial charge in [-0.2, -0.15) is 0 Å². The quantitative estimate of drug-likeness (QED) is 0.327. The molecule has 0 amide bonds. The van der Waals surface area contributed by atoms with Crippen molar-refractivity contribution in [2.75, 3.05) is 32.8 Å². The highest BCUT2D eigenvalue weighted by Gasteiger charge is 2.33. The maximum absolute atomic E-state index is 11.7. The lowest BCUT2D eigenvalue weighted by molar-refractivity contribution is 0.107. The number of hydrogen-bond donors (Lipinski definition) is 2. The van der Waals surface area contributed by atoms with Crippen molar-refractivity contribution in [3.63, 3.8) is 0 Å². The molecule has 6 nitrogen and oxygen atoms in total. The molecule has 1 aromatic heterocycles. The molecule has 28 heavy (non-hydrogen) atoms. The van der Waals surface area contributed by atoms with Crippen LogP contribution in [-0.2, 0) is 11.3 Å². The van der Waals surface area contributed by atoms with E-state index < -0.39 is 0 Å². The molecule has 0 aromatic carbocycles. The van der Waals surface area contributed by atoms with Gasteiger partial charge in [-0.05, 0) is 57.4 Å². The largest absolute Gasteiger partial charge is 0.382 e. The van der Waals surface area contributed by atoms with Gasteiger partial charge >= 0.3 is 0 Å². The number of unbranched alkanes of at least 4 members (excludes halogenated alkanes) is 1. The van der Waals surface area contributed by atoms with Crippen molar-refractivity contribution in [3.8, 4) is 0 Å². The van der Waals surface area contributed by atoms with Crippen molar-refractivity contribution in [2.45, 2.75) is 65.3 Å². The van der Waals surface area contributed by atoms with Crippen LogP contribution in [0.4, 0.5) is 0 Å². The lowest BCUT2D eigenvalue weighted by Gasteiger charge is -2.27. The number of aliphatic imine (C=N–C) groups is 1. The summed E-state index contributed by atoms with van der Waals surface area (Å²) in [5, 5.41) is 6.81. The Morgan fingerprint density at radius 3 is 2.75 bits per heavy atom. The maximum Gasteiger partial charge on any atom is 0.250 e. The van der Waals surface area contributed by atoms with Gasteiger partial charge in [0.05, 0.1) is 0 Å². The van der Waals surface area contributed by atoms with Crippen molar-refractivity contribution in [2.24, 2.45) is 10.4 Å². The number of aryl methyl sites for hydroxylation is 1. The van der Waals surface area contributed by atoms with Gasteiger partial charge in [-0.25, -0.2) is 0 Å². The first-order chi connectivity index (χ1) is 13.7. The molecule has 0 radical (unpaired) electrons. The van der Waals surface area contributed by atoms with Crippen LogP contribution in [0.15, 0.2) is 34.2 Å². The molecule has 0 aliphatic heterocycles. The second-order valence-corrected chi connectivity index (χ2v) is 7.72. The molecule has 1 fully saturated rings. The molecule has 1 heterocycles. The number of nitrogens with one attached hydrogen (secondary N) is 2. The number of hydrogen-bond acceptors (Lipinski definition) is 3. The molecule has 0 spiro atoms. The van der Waals surface area contributed by atoms with Gasteiger partial charge in [-0.1, -0.05) is 18.9 Å². The number of aromatic nitrogens is 1. The topological polar surface area (TPSA) is 67.7 Å². The monoisotopic (exact) mass is 390 g/mol. The van der Waals surface area contributed by atoms with Crippen LogP contribution < -0.4 is 16.2 Å². The van der Waals surface area contributed by atoms with Gasteiger partial charge in [0.1, 0.15) is 0 Å². The first kappa shape index (κ1) is 22.5. The summed E-state index contributed by atoms with van der Waals surface area (Å²) in [6.07, 6.45) is 10.1. The molecule has 0 bridgehead atoms. The molecule has 0 saturated heterocycles. The van der Waals surface area contributed by atoms with E-state index in [1.54, 1.807) is 16.7 Å². The van der Waals surface area contributed by atoms with E-state index in [9.17, 15) is 4.79 Å². The summed E-state index contributed by atoms with van der Waals surface area (Å²) in [6, 6.07) is 5.30. The van der Waals surface area contributed by atoms with Crippen molar-refractivity contribution in [1.82, 2.24) is 15.2 Å². The van der Waals surface area contributed by atoms with Crippen LogP contribution in [0.2, 0.25) is 0 Å². The SMILES string of the molecule is CCNC(=NCC1(CCOCC)CCCC1)NCCCCn1ccccc1=O. The minimum Gasteiger partial charge on any atom is -0.382 e. The van der Waals surface area contributed by atoms with E-state index >= 15 is 0 Å². The fourth-order valence-corrected chi connectivity index (χ4v) is 3.89. The summed E-state index contributed by atoms with van der Waals surface area (Å²) in [5.74, 6) is 0.905. The number of pyridine rings is 1. The van der Waals surface area contributed by atoms with Gasteiger partial charge in [0.15, 0.2) is 5.96 Å². The van der Waals surface area contributed by atoms with E-state index in [1.165, 1.54) is 25.7 Å². The molecule has 6 heteroatoms. The Labute approximate surface area is 169 Å². The van der Waals surface area contributed by atoms with Crippen LogP contribution in [0.5, 0.6) is 0 Å². The third-order valence-corrected chi connectivity index (χ3v) is 5.58. The molecule has 1 aliphatic rings. The molecule has 158 valence electrons. The third kappa shape index (κ3) is 7.66. The minimum absolute atomic E-state index is 0.0688. The summed E-state index contributed by atoms with van der Waals surface area (Å²) in [4.78, 5) is 16.6. The second kappa shape index (κ2) is 12.6. The molecule has 0 atom stereocenters. The van der Waals surface area contributed by atoms with Crippen LogP contribution in [0.25, 0.3) is 0 Å². The normalized spacial score (nSPS) is 16.3. The molecular formula is C22H38N4O2. The third-order valence-electron chi connectivity index (χ3n) is 5.58. The number of guanidine groups is 1. The number of nitrogens with zero attached hydrogens (tertiary/aromatic N) is 2. The summed E-state index contributed by atoms with van der Waals surface area (Å²) in [7, 11) is 0. The van der Waals surface area contributed by atoms with Crippen molar-refractivity contribution >= 4 is 5.96 Å². The molecule has 2 N–H and O–H groups in total. The van der Waals surface area contributed by atoms with E-state index in [4.69, 9.17) is 9.73 Å². The smallest absolute Gasteiger partial charge is 0.250 e. The van der Waals surface area contributed by atoms with E-state index in [2.05, 4.69) is 24.5 Å². The highest BCUT2D eigenvalue weighted by atomic mass is 16.5. The Kier molecular flexibility index (Phi) is 10.1. The van der Waals surface area contributed by atoms with Gasteiger partial charge in [0, 0.05) is 51.7 Å². The fourth-order valence-electron chi connectivity index (χ4n) is 3.89.